The molecule has 0 aromatic heterocycles. The zero-order valence-corrected chi connectivity index (χ0v) is 42.3. The first-order valence-electron chi connectivity index (χ1n) is 28.1. The van der Waals surface area contributed by atoms with E-state index in [2.05, 4.69) is 43.5 Å². The smallest absolute Gasteiger partial charge is 0.305 e. The first-order chi connectivity index (χ1) is 31.0. The first kappa shape index (κ1) is 61.3. The van der Waals surface area contributed by atoms with Crippen LogP contribution in [0.1, 0.15) is 303 Å². The summed E-state index contributed by atoms with van der Waals surface area (Å²) in [4.78, 5) is 24.4. The number of hydrogen-bond donors (Lipinski definition) is 3. The maximum absolute atomic E-state index is 12.4. The van der Waals surface area contributed by atoms with Gasteiger partial charge in [0.25, 0.3) is 0 Å². The van der Waals surface area contributed by atoms with Crippen LogP contribution in [0.2, 0.25) is 0 Å². The van der Waals surface area contributed by atoms with Gasteiger partial charge in [-0.05, 0) is 44.9 Å². The maximum atomic E-state index is 12.4. The fourth-order valence-corrected chi connectivity index (χ4v) is 8.71. The standard InChI is InChI=1S/C57H109NO5/c1-3-5-7-9-11-13-15-16-24-28-31-35-39-43-47-51-57(62)63-52-48-44-40-36-32-29-26-23-21-19-17-18-20-22-25-27-30-34-38-42-46-50-56(61)58-54(53-59)55(60)49-45-41-37-33-14-12-10-8-6-4-2/h29,32,40,44,54-55,59-60H,3-28,30-31,33-39,41-43,45-53H2,1-2H3,(H,58,61)/b32-29-,44-40-. The molecule has 0 bridgehead atoms. The van der Waals surface area contributed by atoms with Crippen LogP contribution in [0.25, 0.3) is 0 Å². The van der Waals surface area contributed by atoms with Gasteiger partial charge in [0, 0.05) is 12.8 Å². The highest BCUT2D eigenvalue weighted by Crippen LogP contribution is 2.17. The summed E-state index contributed by atoms with van der Waals surface area (Å²) in [5, 5.41) is 23.1. The average molecular weight is 889 g/mol. The number of esters is 1. The van der Waals surface area contributed by atoms with Crippen molar-refractivity contribution in [2.75, 3.05) is 13.2 Å². The monoisotopic (exact) mass is 888 g/mol. The molecular formula is C57H109NO5. The lowest BCUT2D eigenvalue weighted by atomic mass is 10.0. The van der Waals surface area contributed by atoms with Gasteiger partial charge in [-0.2, -0.15) is 0 Å². The highest BCUT2D eigenvalue weighted by molar-refractivity contribution is 5.76. The lowest BCUT2D eigenvalue weighted by Crippen LogP contribution is -2.45. The van der Waals surface area contributed by atoms with Gasteiger partial charge in [-0.15, -0.1) is 0 Å². The summed E-state index contributed by atoms with van der Waals surface area (Å²) >= 11 is 0. The minimum absolute atomic E-state index is 0.0324. The minimum atomic E-state index is -0.665. The molecule has 0 saturated heterocycles. The number of aliphatic hydroxyl groups excluding tert-OH is 2. The molecule has 6 heteroatoms. The molecule has 0 aliphatic carbocycles. The van der Waals surface area contributed by atoms with Gasteiger partial charge in [0.1, 0.15) is 0 Å². The number of unbranched alkanes of at least 4 members (excludes halogenated alkanes) is 37. The van der Waals surface area contributed by atoms with Crippen molar-refractivity contribution in [1.29, 1.82) is 0 Å². The Hall–Kier alpha value is -1.66. The average Bonchev–Trinajstić information content (AvgIpc) is 3.28. The fraction of sp³-hybridized carbons (Fsp3) is 0.895. The quantitative estimate of drug-likeness (QED) is 0.0321. The van der Waals surface area contributed by atoms with E-state index in [1.807, 2.05) is 0 Å². The Labute approximate surface area is 392 Å². The fourth-order valence-electron chi connectivity index (χ4n) is 8.71. The molecule has 1 amide bonds. The lowest BCUT2D eigenvalue weighted by Gasteiger charge is -2.22. The molecule has 6 nitrogen and oxygen atoms in total. The lowest BCUT2D eigenvalue weighted by molar-refractivity contribution is -0.143. The SMILES string of the molecule is CCCCCCCCCCCCCCCCCC(=O)OCC/C=C\C/C=C\CCCCCCCCCCCCCCCCC(=O)NC(CO)C(O)CCCCCCCCCCCC. The van der Waals surface area contributed by atoms with E-state index in [1.54, 1.807) is 0 Å². The van der Waals surface area contributed by atoms with Crippen LogP contribution in [0.5, 0.6) is 0 Å². The molecule has 0 fully saturated rings. The van der Waals surface area contributed by atoms with Crippen molar-refractivity contribution in [3.63, 3.8) is 0 Å². The van der Waals surface area contributed by atoms with Crippen LogP contribution in [0.4, 0.5) is 0 Å². The summed E-state index contributed by atoms with van der Waals surface area (Å²) in [5.74, 6) is -0.0734. The Kier molecular flexibility index (Phi) is 51.6. The number of carbonyl (C=O) groups is 2. The molecule has 0 heterocycles. The van der Waals surface area contributed by atoms with Gasteiger partial charge >= 0.3 is 5.97 Å². The Morgan fingerprint density at radius 1 is 0.444 bits per heavy atom. The second kappa shape index (κ2) is 53.0. The molecule has 0 spiro atoms. The van der Waals surface area contributed by atoms with Gasteiger partial charge in [0.15, 0.2) is 0 Å². The van der Waals surface area contributed by atoms with Crippen molar-refractivity contribution >= 4 is 11.9 Å². The van der Waals surface area contributed by atoms with Crippen molar-refractivity contribution < 1.29 is 24.5 Å². The topological polar surface area (TPSA) is 95.9 Å². The van der Waals surface area contributed by atoms with Crippen LogP contribution < -0.4 is 5.32 Å². The van der Waals surface area contributed by atoms with E-state index < -0.39 is 12.1 Å². The molecule has 0 aliphatic heterocycles. The zero-order valence-electron chi connectivity index (χ0n) is 42.3. The van der Waals surface area contributed by atoms with E-state index in [1.165, 1.54) is 218 Å². The van der Waals surface area contributed by atoms with Crippen LogP contribution in [0, 0.1) is 0 Å². The molecule has 0 saturated carbocycles. The number of carbonyl (C=O) groups excluding carboxylic acids is 2. The van der Waals surface area contributed by atoms with Gasteiger partial charge in [-0.3, -0.25) is 9.59 Å². The first-order valence-corrected chi connectivity index (χ1v) is 28.1. The number of allylic oxidation sites excluding steroid dienone is 3. The van der Waals surface area contributed by atoms with E-state index >= 15 is 0 Å². The number of aliphatic hydroxyl groups is 2. The minimum Gasteiger partial charge on any atom is -0.465 e. The van der Waals surface area contributed by atoms with E-state index in [-0.39, 0.29) is 18.5 Å². The number of nitrogens with one attached hydrogen (secondary N) is 1. The van der Waals surface area contributed by atoms with Gasteiger partial charge in [0.2, 0.25) is 5.91 Å². The predicted octanol–water partition coefficient (Wildman–Crippen LogP) is 17.1. The van der Waals surface area contributed by atoms with E-state index in [0.29, 0.717) is 25.9 Å². The number of ether oxygens (including phenoxy) is 1. The Morgan fingerprint density at radius 3 is 1.21 bits per heavy atom. The second-order valence-electron chi connectivity index (χ2n) is 19.3. The number of amides is 1. The van der Waals surface area contributed by atoms with E-state index in [9.17, 15) is 19.8 Å². The third-order valence-corrected chi connectivity index (χ3v) is 13.0. The summed E-state index contributed by atoms with van der Waals surface area (Å²) in [6, 6.07) is -0.543. The Morgan fingerprint density at radius 2 is 0.794 bits per heavy atom. The summed E-state index contributed by atoms with van der Waals surface area (Å²) in [6.07, 6.45) is 63.3. The van der Waals surface area contributed by atoms with Crippen molar-refractivity contribution in [3.8, 4) is 0 Å². The molecular weight excluding hydrogens is 779 g/mol. The van der Waals surface area contributed by atoms with Crippen molar-refractivity contribution in [2.45, 2.75) is 315 Å². The molecule has 0 radical (unpaired) electrons. The molecule has 3 N–H and O–H groups in total. The van der Waals surface area contributed by atoms with Crippen LogP contribution in [-0.4, -0.2) is 47.4 Å². The molecule has 0 rings (SSSR count). The summed E-state index contributed by atoms with van der Waals surface area (Å²) in [5.41, 5.74) is 0. The zero-order chi connectivity index (χ0) is 45.8. The van der Waals surface area contributed by atoms with Crippen molar-refractivity contribution in [3.05, 3.63) is 24.3 Å². The largest absolute Gasteiger partial charge is 0.465 e. The Bertz CT molecular complexity index is 982. The van der Waals surface area contributed by atoms with Crippen LogP contribution in [0.3, 0.4) is 0 Å². The van der Waals surface area contributed by atoms with E-state index in [4.69, 9.17) is 4.74 Å². The highest BCUT2D eigenvalue weighted by Gasteiger charge is 2.20. The highest BCUT2D eigenvalue weighted by atomic mass is 16.5. The summed E-state index contributed by atoms with van der Waals surface area (Å²) < 4.78 is 5.42. The summed E-state index contributed by atoms with van der Waals surface area (Å²) in [6.45, 7) is 4.84. The van der Waals surface area contributed by atoms with Crippen molar-refractivity contribution in [1.82, 2.24) is 5.32 Å². The number of rotatable bonds is 52. The van der Waals surface area contributed by atoms with Crippen molar-refractivity contribution in [2.24, 2.45) is 0 Å². The molecule has 0 aromatic carbocycles. The third-order valence-electron chi connectivity index (χ3n) is 13.0. The molecule has 0 aliphatic rings. The maximum Gasteiger partial charge on any atom is 0.305 e. The van der Waals surface area contributed by atoms with Gasteiger partial charge in [0.05, 0.1) is 25.4 Å². The second-order valence-corrected chi connectivity index (χ2v) is 19.3. The molecule has 2 unspecified atom stereocenters. The van der Waals surface area contributed by atoms with Crippen LogP contribution in [0.15, 0.2) is 24.3 Å². The number of hydrogen-bond acceptors (Lipinski definition) is 5. The Balaban J connectivity index is 3.42. The van der Waals surface area contributed by atoms with Crippen LogP contribution in [-0.2, 0) is 14.3 Å². The van der Waals surface area contributed by atoms with Gasteiger partial charge < -0.3 is 20.3 Å². The summed E-state index contributed by atoms with van der Waals surface area (Å²) in [7, 11) is 0. The molecule has 63 heavy (non-hydrogen) atoms. The van der Waals surface area contributed by atoms with Gasteiger partial charge in [-0.1, -0.05) is 269 Å². The molecule has 2 atom stereocenters. The normalized spacial score (nSPS) is 12.8. The van der Waals surface area contributed by atoms with E-state index in [0.717, 1.165) is 51.4 Å². The predicted molar refractivity (Wildman–Crippen MR) is 273 cm³/mol. The third kappa shape index (κ3) is 49.6. The van der Waals surface area contributed by atoms with Crippen LogP contribution >= 0.6 is 0 Å². The molecule has 0 aromatic rings. The molecule has 372 valence electrons. The van der Waals surface area contributed by atoms with Gasteiger partial charge in [-0.25, -0.2) is 0 Å².